The molecule has 0 spiro atoms. The highest BCUT2D eigenvalue weighted by atomic mass is 35.5. The highest BCUT2D eigenvalue weighted by molar-refractivity contribution is 6.31. The number of nitrogens with zero attached hydrogens (tertiary/aromatic N) is 1. The first-order chi connectivity index (χ1) is 7.84. The predicted octanol–water partition coefficient (Wildman–Crippen LogP) is 3.42. The first kappa shape index (κ1) is 9.86. The van der Waals surface area contributed by atoms with Gasteiger partial charge in [0.25, 0.3) is 0 Å². The maximum atomic E-state index is 6.26. The van der Waals surface area contributed by atoms with Crippen LogP contribution in [0.4, 0.5) is 0 Å². The number of hydrogen-bond donors (Lipinski definition) is 0. The van der Waals surface area contributed by atoms with Crippen molar-refractivity contribution in [2.75, 3.05) is 0 Å². The van der Waals surface area contributed by atoms with Crippen LogP contribution in [-0.4, -0.2) is 4.98 Å². The zero-order valence-electron chi connectivity index (χ0n) is 8.91. The van der Waals surface area contributed by atoms with Crippen molar-refractivity contribution < 1.29 is 0 Å². The summed E-state index contributed by atoms with van der Waals surface area (Å²) >= 11 is 6.26. The van der Waals surface area contributed by atoms with Crippen molar-refractivity contribution >= 4 is 11.6 Å². The lowest BCUT2D eigenvalue weighted by atomic mass is 10.0. The number of hydrogen-bond acceptors (Lipinski definition) is 1. The number of benzene rings is 1. The highest BCUT2D eigenvalue weighted by Gasteiger charge is 2.14. The summed E-state index contributed by atoms with van der Waals surface area (Å²) in [7, 11) is 0. The quantitative estimate of drug-likeness (QED) is 0.675. The van der Waals surface area contributed by atoms with Crippen molar-refractivity contribution in [2.45, 2.75) is 19.3 Å². The number of halogens is 1. The van der Waals surface area contributed by atoms with E-state index < -0.39 is 0 Å². The second-order valence-corrected chi connectivity index (χ2v) is 4.61. The predicted molar refractivity (Wildman–Crippen MR) is 65.9 cm³/mol. The third kappa shape index (κ3) is 1.61. The summed E-state index contributed by atoms with van der Waals surface area (Å²) in [5.74, 6) is 0. The second-order valence-electron chi connectivity index (χ2n) is 4.20. The standard InChI is InChI=1S/C14H12ClN/c15-14-3-1-2-11-5-4-10-6-7-16-9-12(10)8-13(11)14/h1-3,6-7,9H,4-5,8H2. The van der Waals surface area contributed by atoms with Crippen molar-refractivity contribution in [3.8, 4) is 0 Å². The topological polar surface area (TPSA) is 12.9 Å². The van der Waals surface area contributed by atoms with Crippen molar-refractivity contribution in [3.05, 3.63) is 63.9 Å². The molecule has 2 heteroatoms. The molecule has 0 amide bonds. The lowest BCUT2D eigenvalue weighted by molar-refractivity contribution is 0.960. The molecule has 0 unspecified atom stereocenters. The summed E-state index contributed by atoms with van der Waals surface area (Å²) in [5.41, 5.74) is 5.37. The van der Waals surface area contributed by atoms with Crippen molar-refractivity contribution in [1.82, 2.24) is 4.98 Å². The Balaban J connectivity index is 2.13. The molecule has 0 saturated carbocycles. The molecule has 1 heterocycles. The van der Waals surface area contributed by atoms with Crippen LogP contribution in [-0.2, 0) is 19.3 Å². The van der Waals surface area contributed by atoms with Gasteiger partial charge in [0.1, 0.15) is 0 Å². The minimum atomic E-state index is 0.884. The Labute approximate surface area is 100 Å². The Hall–Kier alpha value is -1.34. The van der Waals surface area contributed by atoms with E-state index in [0.29, 0.717) is 0 Å². The van der Waals surface area contributed by atoms with Gasteiger partial charge < -0.3 is 0 Å². The Bertz CT molecular complexity index is 534. The van der Waals surface area contributed by atoms with Crippen LogP contribution in [0.5, 0.6) is 0 Å². The molecule has 1 aromatic carbocycles. The Kier molecular flexibility index (Phi) is 2.41. The van der Waals surface area contributed by atoms with Gasteiger partial charge in [0.15, 0.2) is 0 Å². The summed E-state index contributed by atoms with van der Waals surface area (Å²) in [6.07, 6.45) is 6.92. The summed E-state index contributed by atoms with van der Waals surface area (Å²) in [5, 5.41) is 0.884. The molecule has 0 fully saturated rings. The SMILES string of the molecule is Clc1cccc2c1Cc1cnccc1CC2. The molecule has 0 aliphatic heterocycles. The van der Waals surface area contributed by atoms with E-state index in [9.17, 15) is 0 Å². The van der Waals surface area contributed by atoms with Crippen LogP contribution >= 0.6 is 11.6 Å². The van der Waals surface area contributed by atoms with Crippen LogP contribution < -0.4 is 0 Å². The van der Waals surface area contributed by atoms with Crippen LogP contribution in [0.3, 0.4) is 0 Å². The molecule has 1 nitrogen and oxygen atoms in total. The van der Waals surface area contributed by atoms with Gasteiger partial charge in [-0.15, -0.1) is 0 Å². The van der Waals surface area contributed by atoms with Gasteiger partial charge in [0.2, 0.25) is 0 Å². The van der Waals surface area contributed by atoms with Crippen LogP contribution in [0.25, 0.3) is 0 Å². The van der Waals surface area contributed by atoms with E-state index in [1.807, 2.05) is 24.5 Å². The molecule has 0 radical (unpaired) electrons. The van der Waals surface area contributed by atoms with Gasteiger partial charge in [-0.05, 0) is 47.2 Å². The van der Waals surface area contributed by atoms with E-state index in [1.165, 1.54) is 22.3 Å². The number of fused-ring (bicyclic) bond motifs is 2. The largest absolute Gasteiger partial charge is 0.264 e. The molecule has 1 aromatic heterocycles. The van der Waals surface area contributed by atoms with E-state index in [-0.39, 0.29) is 0 Å². The van der Waals surface area contributed by atoms with E-state index >= 15 is 0 Å². The smallest absolute Gasteiger partial charge is 0.0444 e. The first-order valence-corrected chi connectivity index (χ1v) is 5.90. The minimum Gasteiger partial charge on any atom is -0.264 e. The summed E-state index contributed by atoms with van der Waals surface area (Å²) in [4.78, 5) is 4.20. The molecule has 0 bridgehead atoms. The lowest BCUT2D eigenvalue weighted by Crippen LogP contribution is -1.93. The van der Waals surface area contributed by atoms with Crippen LogP contribution in [0.15, 0.2) is 36.7 Å². The molecular weight excluding hydrogens is 218 g/mol. The van der Waals surface area contributed by atoms with E-state index in [0.717, 1.165) is 24.3 Å². The molecule has 0 saturated heterocycles. The maximum Gasteiger partial charge on any atom is 0.0444 e. The number of aromatic nitrogens is 1. The van der Waals surface area contributed by atoms with Crippen molar-refractivity contribution in [2.24, 2.45) is 0 Å². The fraction of sp³-hybridized carbons (Fsp3) is 0.214. The van der Waals surface area contributed by atoms with Gasteiger partial charge in [0.05, 0.1) is 0 Å². The zero-order valence-corrected chi connectivity index (χ0v) is 9.67. The molecule has 80 valence electrons. The zero-order chi connectivity index (χ0) is 11.0. The van der Waals surface area contributed by atoms with Crippen molar-refractivity contribution in [3.63, 3.8) is 0 Å². The Morgan fingerprint density at radius 1 is 1.00 bits per heavy atom. The number of aryl methyl sites for hydroxylation is 2. The number of pyridine rings is 1. The normalized spacial score (nSPS) is 13.8. The van der Waals surface area contributed by atoms with Gasteiger partial charge in [-0.3, -0.25) is 4.98 Å². The van der Waals surface area contributed by atoms with Gasteiger partial charge in [-0.2, -0.15) is 0 Å². The van der Waals surface area contributed by atoms with E-state index in [1.54, 1.807) is 0 Å². The second kappa shape index (κ2) is 3.91. The summed E-state index contributed by atoms with van der Waals surface area (Å²) in [6.45, 7) is 0. The maximum absolute atomic E-state index is 6.26. The van der Waals surface area contributed by atoms with Crippen LogP contribution in [0.1, 0.15) is 22.3 Å². The molecule has 16 heavy (non-hydrogen) atoms. The van der Waals surface area contributed by atoms with E-state index in [4.69, 9.17) is 11.6 Å². The monoisotopic (exact) mass is 229 g/mol. The molecule has 2 aromatic rings. The first-order valence-electron chi connectivity index (χ1n) is 5.52. The average molecular weight is 230 g/mol. The van der Waals surface area contributed by atoms with E-state index in [2.05, 4.69) is 17.1 Å². The minimum absolute atomic E-state index is 0.884. The molecule has 1 aliphatic rings. The third-order valence-electron chi connectivity index (χ3n) is 3.25. The van der Waals surface area contributed by atoms with Gasteiger partial charge >= 0.3 is 0 Å². The Morgan fingerprint density at radius 3 is 2.81 bits per heavy atom. The molecule has 1 aliphatic carbocycles. The molecule has 3 rings (SSSR count). The van der Waals surface area contributed by atoms with Gasteiger partial charge in [-0.1, -0.05) is 23.7 Å². The molecular formula is C14H12ClN. The highest BCUT2D eigenvalue weighted by Crippen LogP contribution is 2.28. The lowest BCUT2D eigenvalue weighted by Gasteiger charge is -2.07. The van der Waals surface area contributed by atoms with Crippen LogP contribution in [0, 0.1) is 0 Å². The molecule has 0 atom stereocenters. The average Bonchev–Trinajstić information content (AvgIpc) is 2.50. The fourth-order valence-electron chi connectivity index (χ4n) is 2.35. The number of rotatable bonds is 0. The Morgan fingerprint density at radius 2 is 1.88 bits per heavy atom. The van der Waals surface area contributed by atoms with Crippen LogP contribution in [0.2, 0.25) is 5.02 Å². The van der Waals surface area contributed by atoms with Gasteiger partial charge in [0, 0.05) is 23.8 Å². The summed E-state index contributed by atoms with van der Waals surface area (Å²) in [6, 6.07) is 8.31. The fourth-order valence-corrected chi connectivity index (χ4v) is 2.62. The summed E-state index contributed by atoms with van der Waals surface area (Å²) < 4.78 is 0. The molecule has 0 N–H and O–H groups in total. The van der Waals surface area contributed by atoms with Gasteiger partial charge in [-0.25, -0.2) is 0 Å². The van der Waals surface area contributed by atoms with Crippen molar-refractivity contribution in [1.29, 1.82) is 0 Å². The third-order valence-corrected chi connectivity index (χ3v) is 3.61.